The van der Waals surface area contributed by atoms with Crippen molar-refractivity contribution in [1.82, 2.24) is 0 Å². The molecule has 0 saturated heterocycles. The summed E-state index contributed by atoms with van der Waals surface area (Å²) in [6.07, 6.45) is 0. The number of halogens is 2. The first kappa shape index (κ1) is 12.7. The molecule has 1 N–H and O–H groups in total. The molecule has 0 atom stereocenters. The average molecular weight is 283 g/mol. The van der Waals surface area contributed by atoms with Gasteiger partial charge in [0.05, 0.1) is 0 Å². The molecule has 92 valence electrons. The quantitative estimate of drug-likeness (QED) is 0.903. The topological polar surface area (TPSA) is 46.5 Å². The van der Waals surface area contributed by atoms with E-state index in [4.69, 9.17) is 33.0 Å². The number of rotatable bonds is 3. The zero-order valence-corrected chi connectivity index (χ0v) is 10.6. The molecular weight excluding hydrogens is 275 g/mol. The Balaban J connectivity index is 2.34. The largest absolute Gasteiger partial charge is 0.478 e. The van der Waals surface area contributed by atoms with Crippen molar-refractivity contribution in [2.24, 2.45) is 0 Å². The molecule has 2 aromatic rings. The van der Waals surface area contributed by atoms with Crippen LogP contribution in [-0.2, 0) is 0 Å². The predicted molar refractivity (Wildman–Crippen MR) is 69.9 cm³/mol. The third-order valence-electron chi connectivity index (χ3n) is 2.21. The Hall–Kier alpha value is -1.71. The van der Waals surface area contributed by atoms with E-state index in [1.54, 1.807) is 30.3 Å². The third-order valence-corrected chi connectivity index (χ3v) is 2.70. The van der Waals surface area contributed by atoms with E-state index in [2.05, 4.69) is 0 Å². The molecule has 0 aliphatic rings. The van der Waals surface area contributed by atoms with Crippen molar-refractivity contribution >= 4 is 29.2 Å². The van der Waals surface area contributed by atoms with Crippen LogP contribution in [0.15, 0.2) is 42.5 Å². The van der Waals surface area contributed by atoms with Gasteiger partial charge < -0.3 is 9.84 Å². The number of carbonyl (C=O) groups is 1. The van der Waals surface area contributed by atoms with E-state index in [0.29, 0.717) is 15.8 Å². The zero-order valence-electron chi connectivity index (χ0n) is 9.06. The van der Waals surface area contributed by atoms with Gasteiger partial charge in [-0.25, -0.2) is 4.79 Å². The van der Waals surface area contributed by atoms with E-state index in [9.17, 15) is 4.79 Å². The van der Waals surface area contributed by atoms with Crippen LogP contribution in [0.1, 0.15) is 10.4 Å². The molecule has 5 heteroatoms. The van der Waals surface area contributed by atoms with Gasteiger partial charge >= 0.3 is 5.97 Å². The van der Waals surface area contributed by atoms with Crippen LogP contribution in [0.3, 0.4) is 0 Å². The molecule has 3 nitrogen and oxygen atoms in total. The molecular formula is C13H8Cl2O3. The van der Waals surface area contributed by atoms with Crippen molar-refractivity contribution in [2.75, 3.05) is 0 Å². The van der Waals surface area contributed by atoms with Crippen LogP contribution in [0, 0.1) is 0 Å². The van der Waals surface area contributed by atoms with Gasteiger partial charge in [0.15, 0.2) is 0 Å². The minimum atomic E-state index is -1.10. The molecule has 0 unspecified atom stereocenters. The fourth-order valence-electron chi connectivity index (χ4n) is 1.39. The predicted octanol–water partition coefficient (Wildman–Crippen LogP) is 4.48. The number of carboxylic acid groups (broad SMARTS) is 1. The highest BCUT2D eigenvalue weighted by Crippen LogP contribution is 2.28. The van der Waals surface area contributed by atoms with Gasteiger partial charge in [-0.05, 0) is 42.5 Å². The van der Waals surface area contributed by atoms with Crippen LogP contribution in [0.2, 0.25) is 10.0 Å². The molecule has 0 aromatic heterocycles. The van der Waals surface area contributed by atoms with E-state index in [1.807, 2.05) is 0 Å². The van der Waals surface area contributed by atoms with Crippen molar-refractivity contribution in [3.8, 4) is 11.5 Å². The lowest BCUT2D eigenvalue weighted by atomic mass is 10.2. The van der Waals surface area contributed by atoms with Crippen LogP contribution < -0.4 is 4.74 Å². The van der Waals surface area contributed by atoms with Gasteiger partial charge in [0.2, 0.25) is 0 Å². The van der Waals surface area contributed by atoms with Crippen LogP contribution in [0.4, 0.5) is 0 Å². The van der Waals surface area contributed by atoms with E-state index < -0.39 is 5.97 Å². The normalized spacial score (nSPS) is 10.1. The summed E-state index contributed by atoms with van der Waals surface area (Å²) < 4.78 is 5.48. The second-order valence-electron chi connectivity index (χ2n) is 3.50. The van der Waals surface area contributed by atoms with Crippen molar-refractivity contribution in [3.05, 3.63) is 58.1 Å². The Morgan fingerprint density at radius 1 is 1.00 bits per heavy atom. The Morgan fingerprint density at radius 3 is 2.22 bits per heavy atom. The maximum Gasteiger partial charge on any atom is 0.339 e. The molecule has 0 aliphatic heterocycles. The summed E-state index contributed by atoms with van der Waals surface area (Å²) in [4.78, 5) is 11.1. The monoisotopic (exact) mass is 282 g/mol. The smallest absolute Gasteiger partial charge is 0.339 e. The standard InChI is InChI=1S/C13H8Cl2O3/c14-8-1-4-10(5-2-8)18-12-6-3-9(15)7-11(12)13(16)17/h1-7H,(H,16,17). The first-order valence-electron chi connectivity index (χ1n) is 5.02. The molecule has 0 aliphatic carbocycles. The first-order chi connectivity index (χ1) is 8.56. The van der Waals surface area contributed by atoms with Gasteiger partial charge in [-0.1, -0.05) is 23.2 Å². The number of aromatic carboxylic acids is 1. The molecule has 0 saturated carbocycles. The summed E-state index contributed by atoms with van der Waals surface area (Å²) in [5.41, 5.74) is 0.0115. The lowest BCUT2D eigenvalue weighted by Gasteiger charge is -2.09. The molecule has 0 spiro atoms. The molecule has 0 bridgehead atoms. The van der Waals surface area contributed by atoms with Crippen molar-refractivity contribution in [1.29, 1.82) is 0 Å². The minimum absolute atomic E-state index is 0.0115. The maximum absolute atomic E-state index is 11.1. The van der Waals surface area contributed by atoms with Crippen molar-refractivity contribution in [2.45, 2.75) is 0 Å². The van der Waals surface area contributed by atoms with Gasteiger partial charge in [-0.3, -0.25) is 0 Å². The molecule has 2 aromatic carbocycles. The van der Waals surface area contributed by atoms with E-state index in [-0.39, 0.29) is 11.3 Å². The maximum atomic E-state index is 11.1. The highest BCUT2D eigenvalue weighted by molar-refractivity contribution is 6.31. The molecule has 0 amide bonds. The van der Waals surface area contributed by atoms with Crippen LogP contribution in [0.5, 0.6) is 11.5 Å². The summed E-state index contributed by atoms with van der Waals surface area (Å²) in [6, 6.07) is 11.1. The summed E-state index contributed by atoms with van der Waals surface area (Å²) >= 11 is 11.5. The Bertz CT molecular complexity index is 579. The average Bonchev–Trinajstić information content (AvgIpc) is 2.34. The van der Waals surface area contributed by atoms with Gasteiger partial charge in [-0.15, -0.1) is 0 Å². The molecule has 18 heavy (non-hydrogen) atoms. The SMILES string of the molecule is O=C(O)c1cc(Cl)ccc1Oc1ccc(Cl)cc1. The van der Waals surface area contributed by atoms with Crippen LogP contribution in [0.25, 0.3) is 0 Å². The van der Waals surface area contributed by atoms with Crippen molar-refractivity contribution in [3.63, 3.8) is 0 Å². The Kier molecular flexibility index (Phi) is 3.75. The van der Waals surface area contributed by atoms with Crippen molar-refractivity contribution < 1.29 is 14.6 Å². The van der Waals surface area contributed by atoms with Crippen LogP contribution in [-0.4, -0.2) is 11.1 Å². The molecule has 0 fully saturated rings. The third kappa shape index (κ3) is 2.94. The summed E-state index contributed by atoms with van der Waals surface area (Å²) in [6.45, 7) is 0. The highest BCUT2D eigenvalue weighted by Gasteiger charge is 2.12. The fraction of sp³-hybridized carbons (Fsp3) is 0. The summed E-state index contributed by atoms with van der Waals surface area (Å²) in [7, 11) is 0. The second-order valence-corrected chi connectivity index (χ2v) is 4.37. The van der Waals surface area contributed by atoms with Gasteiger partial charge in [-0.2, -0.15) is 0 Å². The van der Waals surface area contributed by atoms with E-state index in [0.717, 1.165) is 0 Å². The number of benzene rings is 2. The van der Waals surface area contributed by atoms with Gasteiger partial charge in [0, 0.05) is 10.0 Å². The van der Waals surface area contributed by atoms with E-state index >= 15 is 0 Å². The lowest BCUT2D eigenvalue weighted by molar-refractivity contribution is 0.0694. The fourth-order valence-corrected chi connectivity index (χ4v) is 1.69. The number of ether oxygens (including phenoxy) is 1. The number of carboxylic acids is 1. The molecule has 0 radical (unpaired) electrons. The zero-order chi connectivity index (χ0) is 13.1. The minimum Gasteiger partial charge on any atom is -0.478 e. The van der Waals surface area contributed by atoms with Crippen LogP contribution >= 0.6 is 23.2 Å². The number of hydrogen-bond acceptors (Lipinski definition) is 2. The second kappa shape index (κ2) is 5.29. The number of hydrogen-bond donors (Lipinski definition) is 1. The van der Waals surface area contributed by atoms with Gasteiger partial charge in [0.1, 0.15) is 17.1 Å². The molecule has 2 rings (SSSR count). The lowest BCUT2D eigenvalue weighted by Crippen LogP contribution is -1.99. The highest BCUT2D eigenvalue weighted by atomic mass is 35.5. The van der Waals surface area contributed by atoms with E-state index in [1.165, 1.54) is 12.1 Å². The summed E-state index contributed by atoms with van der Waals surface area (Å²) in [5.74, 6) is -0.361. The molecule has 0 heterocycles. The Labute approximate surface area is 114 Å². The van der Waals surface area contributed by atoms with Gasteiger partial charge in [0.25, 0.3) is 0 Å². The first-order valence-corrected chi connectivity index (χ1v) is 5.78. The Morgan fingerprint density at radius 2 is 1.61 bits per heavy atom. The summed E-state index contributed by atoms with van der Waals surface area (Å²) in [5, 5.41) is 9.98.